The lowest BCUT2D eigenvalue weighted by Gasteiger charge is -2.16. The maximum Gasteiger partial charge on any atom is 0.155 e. The number of carboxylic acids is 1. The summed E-state index contributed by atoms with van der Waals surface area (Å²) in [4.78, 5) is 11.0. The molecule has 4 nitrogen and oxygen atoms in total. The van der Waals surface area contributed by atoms with Crippen molar-refractivity contribution in [1.29, 1.82) is 0 Å². The second-order valence-corrected chi connectivity index (χ2v) is 6.34. The van der Waals surface area contributed by atoms with Gasteiger partial charge in [-0.3, -0.25) is 0 Å². The lowest BCUT2D eigenvalue weighted by Crippen LogP contribution is -2.28. The Bertz CT molecular complexity index is 660. The Labute approximate surface area is 145 Å². The fourth-order valence-electron chi connectivity index (χ4n) is 1.82. The summed E-state index contributed by atoms with van der Waals surface area (Å²) in [5.41, 5.74) is 0.626. The summed E-state index contributed by atoms with van der Waals surface area (Å²) in [7, 11) is 1.60. The van der Waals surface area contributed by atoms with Crippen LogP contribution in [0.1, 0.15) is 18.4 Å². The highest BCUT2D eigenvalue weighted by Gasteiger charge is 2.14. The average molecular weight is 429 g/mol. The smallest absolute Gasteiger partial charge is 0.155 e. The Morgan fingerprint density at radius 3 is 2.05 bits per heavy atom. The van der Waals surface area contributed by atoms with Gasteiger partial charge in [-0.25, -0.2) is 0 Å². The number of hydrogen-bond donors (Lipinski definition) is 0. The first-order valence-corrected chi connectivity index (χ1v) is 8.02. The molecule has 0 spiro atoms. The molecule has 0 amide bonds. The average Bonchev–Trinajstić information content (AvgIpc) is 2.50. The third kappa shape index (κ3) is 3.81. The molecular weight excluding hydrogens is 416 g/mol. The van der Waals surface area contributed by atoms with Crippen LogP contribution in [0, 0.1) is 0 Å². The number of methoxy groups -OCH3 is 1. The molecule has 0 N–H and O–H groups in total. The number of hydrogen-bond acceptors (Lipinski definition) is 4. The van der Waals surface area contributed by atoms with Crippen LogP contribution in [0.5, 0.6) is 17.2 Å². The molecule has 22 heavy (non-hydrogen) atoms. The van der Waals surface area contributed by atoms with E-state index in [0.717, 1.165) is 5.75 Å². The molecule has 1 atom stereocenters. The number of benzene rings is 2. The summed E-state index contributed by atoms with van der Waals surface area (Å²) in [5.74, 6) is 0.122. The van der Waals surface area contributed by atoms with Crippen molar-refractivity contribution in [3.8, 4) is 17.2 Å². The molecule has 0 saturated carbocycles. The highest BCUT2D eigenvalue weighted by atomic mass is 79.9. The predicted octanol–water partition coefficient (Wildman–Crippen LogP) is 3.87. The van der Waals surface area contributed by atoms with E-state index in [1.165, 1.54) is 0 Å². The number of carbonyl (C=O) groups excluding carboxylic acids is 1. The molecule has 0 aliphatic carbocycles. The largest absolute Gasteiger partial charge is 0.550 e. The van der Waals surface area contributed by atoms with Crippen molar-refractivity contribution in [2.75, 3.05) is 7.11 Å². The molecule has 0 saturated heterocycles. The number of halogens is 2. The quantitative estimate of drug-likeness (QED) is 0.725. The number of aliphatic carboxylic acids is 1. The van der Waals surface area contributed by atoms with Crippen molar-refractivity contribution in [3.63, 3.8) is 0 Å². The van der Waals surface area contributed by atoms with Gasteiger partial charge in [-0.2, -0.15) is 0 Å². The summed E-state index contributed by atoms with van der Waals surface area (Å²) in [5, 5.41) is 11.0. The zero-order chi connectivity index (χ0) is 16.3. The van der Waals surface area contributed by atoms with Gasteiger partial charge in [0.15, 0.2) is 5.75 Å². The molecule has 2 rings (SSSR count). The van der Waals surface area contributed by atoms with Gasteiger partial charge in [0.1, 0.15) is 11.5 Å². The van der Waals surface area contributed by atoms with Gasteiger partial charge in [-0.15, -0.1) is 0 Å². The van der Waals surface area contributed by atoms with E-state index in [1.54, 1.807) is 50.4 Å². The van der Waals surface area contributed by atoms with Crippen molar-refractivity contribution >= 4 is 37.8 Å². The van der Waals surface area contributed by atoms with E-state index in [9.17, 15) is 9.90 Å². The minimum atomic E-state index is -1.12. The monoisotopic (exact) mass is 427 g/mol. The van der Waals surface area contributed by atoms with Gasteiger partial charge in [0.05, 0.1) is 16.1 Å². The first-order valence-electron chi connectivity index (χ1n) is 6.44. The van der Waals surface area contributed by atoms with E-state index >= 15 is 0 Å². The maximum atomic E-state index is 11.0. The van der Waals surface area contributed by atoms with Gasteiger partial charge in [0.2, 0.25) is 0 Å². The van der Waals surface area contributed by atoms with Crippen molar-refractivity contribution in [1.82, 2.24) is 0 Å². The van der Waals surface area contributed by atoms with Gasteiger partial charge in [-0.05, 0) is 73.8 Å². The van der Waals surface area contributed by atoms with Gasteiger partial charge >= 0.3 is 0 Å². The molecule has 2 aromatic rings. The van der Waals surface area contributed by atoms with Crippen molar-refractivity contribution in [3.05, 3.63) is 50.9 Å². The first-order chi connectivity index (χ1) is 10.4. The van der Waals surface area contributed by atoms with Crippen LogP contribution in [-0.2, 0) is 4.79 Å². The minimum Gasteiger partial charge on any atom is -0.550 e. The molecule has 0 aliphatic heterocycles. The van der Waals surface area contributed by atoms with Crippen molar-refractivity contribution in [2.45, 2.75) is 12.8 Å². The first kappa shape index (κ1) is 16.8. The Hall–Kier alpha value is -1.53. The summed E-state index contributed by atoms with van der Waals surface area (Å²) >= 11 is 6.82. The summed E-state index contributed by atoms with van der Waals surface area (Å²) < 4.78 is 12.2. The standard InChI is InChI=1S/C16H14Br2O4/c1-9(16(19)20)10-7-13(17)15(14(18)8-10)22-12-5-3-11(21-2)4-6-12/h3-9H,1-2H3,(H,19,20)/p-1. The van der Waals surface area contributed by atoms with Crippen molar-refractivity contribution in [2.24, 2.45) is 0 Å². The van der Waals surface area contributed by atoms with Crippen LogP contribution in [0.4, 0.5) is 0 Å². The van der Waals surface area contributed by atoms with E-state index in [2.05, 4.69) is 31.9 Å². The van der Waals surface area contributed by atoms with Crippen LogP contribution in [-0.4, -0.2) is 13.1 Å². The third-order valence-corrected chi connectivity index (χ3v) is 4.33. The van der Waals surface area contributed by atoms with Crippen LogP contribution in [0.15, 0.2) is 45.3 Å². The van der Waals surface area contributed by atoms with E-state index in [4.69, 9.17) is 9.47 Å². The number of ether oxygens (including phenoxy) is 2. The summed E-state index contributed by atoms with van der Waals surface area (Å²) in [6.07, 6.45) is 0. The maximum absolute atomic E-state index is 11.0. The Morgan fingerprint density at radius 1 is 1.09 bits per heavy atom. The van der Waals surface area contributed by atoms with Crippen molar-refractivity contribution < 1.29 is 19.4 Å². The second-order valence-electron chi connectivity index (χ2n) is 4.63. The Balaban J connectivity index is 2.29. The van der Waals surface area contributed by atoms with E-state index < -0.39 is 11.9 Å². The molecule has 0 fully saturated rings. The molecule has 116 valence electrons. The van der Waals surface area contributed by atoms with Gasteiger partial charge < -0.3 is 19.4 Å². The Morgan fingerprint density at radius 2 is 1.59 bits per heavy atom. The molecule has 6 heteroatoms. The normalized spacial score (nSPS) is 11.8. The topological polar surface area (TPSA) is 58.6 Å². The minimum absolute atomic E-state index is 0.569. The van der Waals surface area contributed by atoms with Crippen LogP contribution < -0.4 is 14.6 Å². The molecule has 0 bridgehead atoms. The summed E-state index contributed by atoms with van der Waals surface area (Å²) in [6, 6.07) is 10.6. The lowest BCUT2D eigenvalue weighted by atomic mass is 10.0. The molecule has 0 aromatic heterocycles. The molecule has 0 heterocycles. The molecule has 1 unspecified atom stereocenters. The number of carboxylic acid groups (broad SMARTS) is 1. The Kier molecular flexibility index (Phi) is 5.47. The van der Waals surface area contributed by atoms with Crippen LogP contribution >= 0.6 is 31.9 Å². The lowest BCUT2D eigenvalue weighted by molar-refractivity contribution is -0.307. The van der Waals surface area contributed by atoms with Crippen LogP contribution in [0.2, 0.25) is 0 Å². The highest BCUT2D eigenvalue weighted by molar-refractivity contribution is 9.11. The highest BCUT2D eigenvalue weighted by Crippen LogP contribution is 2.39. The van der Waals surface area contributed by atoms with Crippen LogP contribution in [0.3, 0.4) is 0 Å². The fraction of sp³-hybridized carbons (Fsp3) is 0.188. The SMILES string of the molecule is COc1ccc(Oc2c(Br)cc(C(C)C(=O)[O-])cc2Br)cc1. The zero-order valence-corrected chi connectivity index (χ0v) is 15.1. The summed E-state index contributed by atoms with van der Waals surface area (Å²) in [6.45, 7) is 1.58. The molecule has 0 radical (unpaired) electrons. The number of carbonyl (C=O) groups is 1. The zero-order valence-electron chi connectivity index (χ0n) is 11.9. The molecular formula is C16H13Br2O4-. The van der Waals surface area contributed by atoms with E-state index in [1.807, 2.05) is 0 Å². The van der Waals surface area contributed by atoms with Gasteiger partial charge in [0, 0.05) is 11.9 Å². The van der Waals surface area contributed by atoms with Gasteiger partial charge in [0.25, 0.3) is 0 Å². The van der Waals surface area contributed by atoms with Crippen LogP contribution in [0.25, 0.3) is 0 Å². The fourth-order valence-corrected chi connectivity index (χ4v) is 3.21. The van der Waals surface area contributed by atoms with E-state index in [0.29, 0.717) is 26.0 Å². The van der Waals surface area contributed by atoms with Gasteiger partial charge in [-0.1, -0.05) is 6.92 Å². The second kappa shape index (κ2) is 7.15. The predicted molar refractivity (Wildman–Crippen MR) is 88.3 cm³/mol. The molecule has 2 aromatic carbocycles. The number of rotatable bonds is 5. The van der Waals surface area contributed by atoms with E-state index in [-0.39, 0.29) is 0 Å². The molecule has 0 aliphatic rings. The third-order valence-electron chi connectivity index (χ3n) is 3.15.